The minimum Gasteiger partial charge on any atom is -0.349 e. The number of carbonyl (C=O) groups is 1. The molecule has 0 atom stereocenters. The van der Waals surface area contributed by atoms with Crippen LogP contribution in [-0.2, 0) is 13.6 Å². The van der Waals surface area contributed by atoms with E-state index in [0.717, 1.165) is 36.7 Å². The smallest absolute Gasteiger partial charge is 0.252 e. The third-order valence-electron chi connectivity index (χ3n) is 4.95. The number of pyridine rings is 1. The van der Waals surface area contributed by atoms with Crippen molar-refractivity contribution in [1.82, 2.24) is 34.4 Å². The minimum atomic E-state index is -0.0460. The number of hydrogen-bond donors (Lipinski definition) is 1. The predicted octanol–water partition coefficient (Wildman–Crippen LogP) is 2.04. The molecule has 1 amide bonds. The first-order valence-corrected chi connectivity index (χ1v) is 8.77. The molecule has 0 saturated heterocycles. The Kier molecular flexibility index (Phi) is 7.03. The van der Waals surface area contributed by atoms with E-state index in [1.807, 2.05) is 50.1 Å². The Morgan fingerprint density at radius 1 is 1.25 bits per heavy atom. The third-order valence-corrected chi connectivity index (χ3v) is 4.95. The second-order valence-corrected chi connectivity index (χ2v) is 7.22. The van der Waals surface area contributed by atoms with Gasteiger partial charge in [-0.25, -0.2) is 4.98 Å². The number of carbonyl (C=O) groups excluding carboxylic acids is 1. The van der Waals surface area contributed by atoms with Crippen LogP contribution in [0.15, 0.2) is 30.7 Å². The van der Waals surface area contributed by atoms with Crippen molar-refractivity contribution in [3.05, 3.63) is 47.9 Å². The lowest BCUT2D eigenvalue weighted by atomic mass is 9.79. The van der Waals surface area contributed by atoms with Crippen molar-refractivity contribution < 1.29 is 4.79 Å². The normalized spacial score (nSPS) is 18.3. The Balaban J connectivity index is 0.00000140. The van der Waals surface area contributed by atoms with Gasteiger partial charge in [0.1, 0.15) is 17.3 Å². The van der Waals surface area contributed by atoms with E-state index in [9.17, 15) is 4.79 Å². The molecule has 0 spiro atoms. The van der Waals surface area contributed by atoms with E-state index in [1.165, 1.54) is 0 Å². The first kappa shape index (κ1) is 22.1. The monoisotopic (exact) mass is 425 g/mol. The van der Waals surface area contributed by atoms with E-state index >= 15 is 0 Å². The average molecular weight is 426 g/mol. The molecule has 3 aromatic heterocycles. The highest BCUT2D eigenvalue weighted by Crippen LogP contribution is 2.36. The quantitative estimate of drug-likeness (QED) is 0.676. The van der Waals surface area contributed by atoms with Crippen molar-refractivity contribution >= 4 is 36.4 Å². The molecule has 0 radical (unpaired) electrons. The number of fused-ring (bicyclic) bond motifs is 1. The topological polar surface area (TPSA) is 80.3 Å². The zero-order valence-corrected chi connectivity index (χ0v) is 17.7. The lowest BCUT2D eigenvalue weighted by Gasteiger charge is -2.35. The molecular formula is C18H25Cl2N7O. The Labute approximate surface area is 176 Å². The highest BCUT2D eigenvalue weighted by Gasteiger charge is 2.35. The number of hydrogen-bond acceptors (Lipinski definition) is 5. The molecule has 28 heavy (non-hydrogen) atoms. The first-order valence-electron chi connectivity index (χ1n) is 8.77. The van der Waals surface area contributed by atoms with E-state index in [-0.39, 0.29) is 36.8 Å². The fourth-order valence-corrected chi connectivity index (χ4v) is 3.42. The number of halogens is 2. The van der Waals surface area contributed by atoms with Crippen LogP contribution in [0.1, 0.15) is 40.8 Å². The summed E-state index contributed by atoms with van der Waals surface area (Å²) < 4.78 is 3.93. The van der Waals surface area contributed by atoms with Gasteiger partial charge in [0, 0.05) is 37.6 Å². The summed E-state index contributed by atoms with van der Waals surface area (Å²) in [6.07, 6.45) is 7.16. The van der Waals surface area contributed by atoms with Crippen LogP contribution in [0.3, 0.4) is 0 Å². The second-order valence-electron chi connectivity index (χ2n) is 7.22. The van der Waals surface area contributed by atoms with E-state index in [0.29, 0.717) is 11.5 Å². The molecule has 1 fully saturated rings. The van der Waals surface area contributed by atoms with Crippen LogP contribution in [0.5, 0.6) is 0 Å². The highest BCUT2D eigenvalue weighted by molar-refractivity contribution is 5.94. The van der Waals surface area contributed by atoms with E-state index in [1.54, 1.807) is 6.20 Å². The zero-order chi connectivity index (χ0) is 18.3. The fourth-order valence-electron chi connectivity index (χ4n) is 3.42. The highest BCUT2D eigenvalue weighted by atomic mass is 35.5. The number of amides is 1. The van der Waals surface area contributed by atoms with Crippen molar-refractivity contribution in [2.75, 3.05) is 14.1 Å². The van der Waals surface area contributed by atoms with Gasteiger partial charge in [-0.15, -0.1) is 35.0 Å². The van der Waals surface area contributed by atoms with Gasteiger partial charge in [0.25, 0.3) is 5.91 Å². The van der Waals surface area contributed by atoms with Crippen molar-refractivity contribution in [2.24, 2.45) is 7.05 Å². The molecule has 4 rings (SSSR count). The van der Waals surface area contributed by atoms with Gasteiger partial charge in [-0.1, -0.05) is 0 Å². The van der Waals surface area contributed by atoms with E-state index in [2.05, 4.69) is 30.0 Å². The molecule has 152 valence electrons. The Bertz CT molecular complexity index is 946. The maximum absolute atomic E-state index is 12.5. The summed E-state index contributed by atoms with van der Waals surface area (Å²) in [6.45, 7) is 0.771. The molecule has 3 aromatic rings. The molecule has 3 heterocycles. The van der Waals surface area contributed by atoms with Crippen LogP contribution in [0.2, 0.25) is 0 Å². The molecule has 8 nitrogen and oxygen atoms in total. The number of rotatable bonds is 5. The van der Waals surface area contributed by atoms with Gasteiger partial charge in [0.05, 0.1) is 12.1 Å². The van der Waals surface area contributed by atoms with Gasteiger partial charge < -0.3 is 19.2 Å². The van der Waals surface area contributed by atoms with Gasteiger partial charge in [0.2, 0.25) is 0 Å². The summed E-state index contributed by atoms with van der Waals surface area (Å²) in [4.78, 5) is 18.7. The predicted molar refractivity (Wildman–Crippen MR) is 111 cm³/mol. The zero-order valence-electron chi connectivity index (χ0n) is 16.1. The molecule has 1 N–H and O–H groups in total. The van der Waals surface area contributed by atoms with Crippen LogP contribution in [0.25, 0.3) is 5.65 Å². The number of nitrogens with one attached hydrogen (secondary N) is 1. The molecule has 0 unspecified atom stereocenters. The lowest BCUT2D eigenvalue weighted by molar-refractivity contribution is 0.0906. The van der Waals surface area contributed by atoms with Crippen molar-refractivity contribution in [1.29, 1.82) is 0 Å². The molecule has 1 saturated carbocycles. The van der Waals surface area contributed by atoms with Crippen molar-refractivity contribution in [2.45, 2.75) is 31.3 Å². The maximum Gasteiger partial charge on any atom is 0.252 e. The molecule has 0 bridgehead atoms. The summed E-state index contributed by atoms with van der Waals surface area (Å²) in [7, 11) is 6.05. The number of imidazole rings is 1. The summed E-state index contributed by atoms with van der Waals surface area (Å²) in [5.41, 5.74) is 1.48. The number of aromatic nitrogens is 5. The molecule has 1 aliphatic carbocycles. The summed E-state index contributed by atoms with van der Waals surface area (Å²) in [6, 6.07) is 3.84. The Morgan fingerprint density at radius 3 is 2.71 bits per heavy atom. The molecule has 1 aliphatic rings. The summed E-state index contributed by atoms with van der Waals surface area (Å²) in [5.74, 6) is 2.28. The van der Waals surface area contributed by atoms with Gasteiger partial charge in [-0.3, -0.25) is 4.79 Å². The standard InChI is InChI=1S/C18H23N7O.2ClH/c1-23(2)11-16-21-22-17(24(16)3)13-8-14(9-13)20-18(26)12-4-5-15-19-6-7-25(15)10-12;;/h4-7,10,13-14H,8-9,11H2,1-3H3,(H,20,26);2*1H. The summed E-state index contributed by atoms with van der Waals surface area (Å²) >= 11 is 0. The van der Waals surface area contributed by atoms with Gasteiger partial charge in [0.15, 0.2) is 0 Å². The summed E-state index contributed by atoms with van der Waals surface area (Å²) in [5, 5.41) is 11.8. The lowest BCUT2D eigenvalue weighted by Crippen LogP contribution is -2.44. The van der Waals surface area contributed by atoms with Gasteiger partial charge >= 0.3 is 0 Å². The van der Waals surface area contributed by atoms with Gasteiger partial charge in [-0.2, -0.15) is 0 Å². The van der Waals surface area contributed by atoms with Crippen LogP contribution in [0, 0.1) is 0 Å². The van der Waals surface area contributed by atoms with Crippen LogP contribution in [0.4, 0.5) is 0 Å². The maximum atomic E-state index is 12.5. The van der Waals surface area contributed by atoms with Crippen molar-refractivity contribution in [3.63, 3.8) is 0 Å². The van der Waals surface area contributed by atoms with Crippen LogP contribution >= 0.6 is 24.8 Å². The Morgan fingerprint density at radius 2 is 2.00 bits per heavy atom. The molecule has 0 aliphatic heterocycles. The molecule has 0 aromatic carbocycles. The van der Waals surface area contributed by atoms with Crippen LogP contribution in [-0.4, -0.2) is 55.1 Å². The Hall–Kier alpha value is -2.16. The SMILES string of the molecule is CN(C)Cc1nnc(C2CC(NC(=O)c3ccc4nccn4c3)C2)n1C.Cl.Cl. The average Bonchev–Trinajstić information content (AvgIpc) is 3.17. The second kappa shape index (κ2) is 8.89. The van der Waals surface area contributed by atoms with Crippen molar-refractivity contribution in [3.8, 4) is 0 Å². The fraction of sp³-hybridized carbons (Fsp3) is 0.444. The molecule has 10 heteroatoms. The minimum absolute atomic E-state index is 0. The molecular weight excluding hydrogens is 401 g/mol. The van der Waals surface area contributed by atoms with E-state index < -0.39 is 0 Å². The van der Waals surface area contributed by atoms with Crippen LogP contribution < -0.4 is 5.32 Å². The largest absolute Gasteiger partial charge is 0.349 e. The van der Waals surface area contributed by atoms with E-state index in [4.69, 9.17) is 0 Å². The first-order chi connectivity index (χ1) is 12.5. The third kappa shape index (κ3) is 4.29. The van der Waals surface area contributed by atoms with Gasteiger partial charge in [-0.05, 0) is 39.1 Å². The number of nitrogens with zero attached hydrogens (tertiary/aromatic N) is 6.